The first-order chi connectivity index (χ1) is 8.41. The highest BCUT2D eigenvalue weighted by molar-refractivity contribution is 5.97. The van der Waals surface area contributed by atoms with Gasteiger partial charge in [-0.15, -0.1) is 0 Å². The van der Waals surface area contributed by atoms with Gasteiger partial charge >= 0.3 is 11.9 Å². The number of aliphatic carboxylic acids is 2. The lowest BCUT2D eigenvalue weighted by Gasteiger charge is -2.12. The Hall–Kier alpha value is -2.31. The molecular formula is C11H13NO6. The minimum absolute atomic E-state index is 0.173. The van der Waals surface area contributed by atoms with Gasteiger partial charge in [0.25, 0.3) is 5.91 Å². The fraction of sp³-hybridized carbons (Fsp3) is 0.364. The number of carboxylic acid groups (broad SMARTS) is 2. The molecule has 1 amide bonds. The Morgan fingerprint density at radius 2 is 2.06 bits per heavy atom. The Morgan fingerprint density at radius 3 is 2.50 bits per heavy atom. The normalized spacial score (nSPS) is 11.8. The summed E-state index contributed by atoms with van der Waals surface area (Å²) < 4.78 is 4.92. The van der Waals surface area contributed by atoms with E-state index in [4.69, 9.17) is 14.6 Å². The van der Waals surface area contributed by atoms with E-state index in [2.05, 4.69) is 5.32 Å². The molecule has 1 aromatic rings. The first kappa shape index (κ1) is 13.8. The second-order valence-corrected chi connectivity index (χ2v) is 3.69. The summed E-state index contributed by atoms with van der Waals surface area (Å²) in [5.74, 6) is -2.62. The van der Waals surface area contributed by atoms with Gasteiger partial charge in [0.05, 0.1) is 11.8 Å². The van der Waals surface area contributed by atoms with Gasteiger partial charge in [-0.2, -0.15) is 0 Å². The van der Waals surface area contributed by atoms with Crippen molar-refractivity contribution in [1.29, 1.82) is 0 Å². The number of carbonyl (C=O) groups is 3. The van der Waals surface area contributed by atoms with Gasteiger partial charge in [0, 0.05) is 6.42 Å². The number of furan rings is 1. The molecule has 7 nitrogen and oxygen atoms in total. The van der Waals surface area contributed by atoms with Crippen molar-refractivity contribution in [3.05, 3.63) is 23.7 Å². The Balaban J connectivity index is 2.67. The van der Waals surface area contributed by atoms with Crippen molar-refractivity contribution in [2.24, 2.45) is 0 Å². The summed E-state index contributed by atoms with van der Waals surface area (Å²) in [6, 6.07) is 0.184. The quantitative estimate of drug-likeness (QED) is 0.686. The Morgan fingerprint density at radius 1 is 1.39 bits per heavy atom. The lowest BCUT2D eigenvalue weighted by Crippen LogP contribution is -2.41. The highest BCUT2D eigenvalue weighted by Crippen LogP contribution is 2.09. The van der Waals surface area contributed by atoms with E-state index in [0.717, 1.165) is 0 Å². The first-order valence-electron chi connectivity index (χ1n) is 5.21. The van der Waals surface area contributed by atoms with Gasteiger partial charge in [-0.05, 0) is 19.4 Å². The minimum Gasteiger partial charge on any atom is -0.481 e. The van der Waals surface area contributed by atoms with E-state index in [1.54, 1.807) is 6.92 Å². The molecule has 0 fully saturated rings. The van der Waals surface area contributed by atoms with Crippen LogP contribution in [0.15, 0.2) is 16.7 Å². The predicted octanol–water partition coefficient (Wildman–Crippen LogP) is 0.636. The van der Waals surface area contributed by atoms with Crippen molar-refractivity contribution < 1.29 is 29.0 Å². The second kappa shape index (κ2) is 5.85. The number of aryl methyl sites for hydroxylation is 1. The third-order valence-electron chi connectivity index (χ3n) is 2.35. The van der Waals surface area contributed by atoms with E-state index < -0.39 is 23.9 Å². The largest absolute Gasteiger partial charge is 0.481 e. The van der Waals surface area contributed by atoms with E-state index >= 15 is 0 Å². The summed E-state index contributed by atoms with van der Waals surface area (Å²) in [6.45, 7) is 1.57. The smallest absolute Gasteiger partial charge is 0.326 e. The van der Waals surface area contributed by atoms with E-state index in [-0.39, 0.29) is 18.4 Å². The van der Waals surface area contributed by atoms with Crippen LogP contribution in [0, 0.1) is 6.92 Å². The molecule has 1 unspecified atom stereocenters. The molecule has 0 aliphatic carbocycles. The van der Waals surface area contributed by atoms with Crippen molar-refractivity contribution >= 4 is 17.8 Å². The molecule has 1 aromatic heterocycles. The van der Waals surface area contributed by atoms with Crippen molar-refractivity contribution in [2.75, 3.05) is 0 Å². The SMILES string of the molecule is Cc1occc1C(=O)NC(CCC(=O)O)C(=O)O. The maximum atomic E-state index is 11.7. The lowest BCUT2D eigenvalue weighted by molar-refractivity contribution is -0.140. The molecule has 0 bridgehead atoms. The zero-order valence-electron chi connectivity index (χ0n) is 9.67. The monoisotopic (exact) mass is 255 g/mol. The Bertz CT molecular complexity index is 464. The maximum absolute atomic E-state index is 11.7. The fourth-order valence-electron chi connectivity index (χ4n) is 1.38. The number of nitrogens with one attached hydrogen (secondary N) is 1. The number of carbonyl (C=O) groups excluding carboxylic acids is 1. The van der Waals surface area contributed by atoms with Gasteiger partial charge in [-0.25, -0.2) is 4.79 Å². The van der Waals surface area contributed by atoms with E-state index in [1.165, 1.54) is 12.3 Å². The zero-order chi connectivity index (χ0) is 13.7. The molecular weight excluding hydrogens is 242 g/mol. The van der Waals surface area contributed by atoms with Crippen LogP contribution in [-0.4, -0.2) is 34.1 Å². The van der Waals surface area contributed by atoms with Crippen LogP contribution in [0.1, 0.15) is 29.0 Å². The molecule has 1 atom stereocenters. The van der Waals surface area contributed by atoms with Gasteiger partial charge in [-0.3, -0.25) is 9.59 Å². The molecule has 18 heavy (non-hydrogen) atoms. The minimum atomic E-state index is -1.27. The van der Waals surface area contributed by atoms with E-state index in [0.29, 0.717) is 5.76 Å². The Labute approximate surface area is 102 Å². The van der Waals surface area contributed by atoms with Crippen LogP contribution in [0.4, 0.5) is 0 Å². The van der Waals surface area contributed by atoms with Crippen LogP contribution in [0.25, 0.3) is 0 Å². The van der Waals surface area contributed by atoms with Crippen molar-refractivity contribution in [1.82, 2.24) is 5.32 Å². The summed E-state index contributed by atoms with van der Waals surface area (Å²) in [5, 5.41) is 19.6. The summed E-state index contributed by atoms with van der Waals surface area (Å²) in [6.07, 6.45) is 0.812. The second-order valence-electron chi connectivity index (χ2n) is 3.69. The van der Waals surface area contributed by atoms with Crippen molar-refractivity contribution in [3.63, 3.8) is 0 Å². The van der Waals surface area contributed by atoms with Gasteiger partial charge in [-0.1, -0.05) is 0 Å². The summed E-state index contributed by atoms with van der Waals surface area (Å²) in [5.41, 5.74) is 0.233. The molecule has 0 radical (unpaired) electrons. The molecule has 98 valence electrons. The van der Waals surface area contributed by atoms with Crippen LogP contribution in [-0.2, 0) is 9.59 Å². The van der Waals surface area contributed by atoms with Crippen LogP contribution < -0.4 is 5.32 Å². The molecule has 0 saturated heterocycles. The third-order valence-corrected chi connectivity index (χ3v) is 2.35. The van der Waals surface area contributed by atoms with Gasteiger partial charge < -0.3 is 19.9 Å². The van der Waals surface area contributed by atoms with E-state index in [1.807, 2.05) is 0 Å². The van der Waals surface area contributed by atoms with Crippen LogP contribution in [0.3, 0.4) is 0 Å². The van der Waals surface area contributed by atoms with Crippen LogP contribution in [0.2, 0.25) is 0 Å². The molecule has 0 aliphatic heterocycles. The topological polar surface area (TPSA) is 117 Å². The standard InChI is InChI=1S/C11H13NO6/c1-6-7(4-5-18-6)10(15)12-8(11(16)17)2-3-9(13)14/h4-5,8H,2-3H2,1H3,(H,12,15)(H,13,14)(H,16,17). The molecule has 1 rings (SSSR count). The molecule has 7 heteroatoms. The van der Waals surface area contributed by atoms with Crippen molar-refractivity contribution in [2.45, 2.75) is 25.8 Å². The molecule has 0 spiro atoms. The predicted molar refractivity (Wildman–Crippen MR) is 59.2 cm³/mol. The maximum Gasteiger partial charge on any atom is 0.326 e. The lowest BCUT2D eigenvalue weighted by atomic mass is 10.1. The number of hydrogen-bond donors (Lipinski definition) is 3. The summed E-state index contributed by atoms with van der Waals surface area (Å²) >= 11 is 0. The zero-order valence-corrected chi connectivity index (χ0v) is 9.67. The van der Waals surface area contributed by atoms with Crippen LogP contribution in [0.5, 0.6) is 0 Å². The average molecular weight is 255 g/mol. The summed E-state index contributed by atoms with van der Waals surface area (Å²) in [7, 11) is 0. The van der Waals surface area contributed by atoms with Crippen molar-refractivity contribution in [3.8, 4) is 0 Å². The fourth-order valence-corrected chi connectivity index (χ4v) is 1.38. The van der Waals surface area contributed by atoms with E-state index in [9.17, 15) is 14.4 Å². The molecule has 0 saturated carbocycles. The molecule has 1 heterocycles. The van der Waals surface area contributed by atoms with Crippen LogP contribution >= 0.6 is 0 Å². The van der Waals surface area contributed by atoms with Gasteiger partial charge in [0.1, 0.15) is 11.8 Å². The highest BCUT2D eigenvalue weighted by atomic mass is 16.4. The van der Waals surface area contributed by atoms with Gasteiger partial charge in [0.15, 0.2) is 0 Å². The number of carboxylic acids is 2. The average Bonchev–Trinajstić information content (AvgIpc) is 2.69. The molecule has 0 aliphatic rings. The number of rotatable bonds is 6. The Kier molecular flexibility index (Phi) is 4.47. The number of hydrogen-bond acceptors (Lipinski definition) is 4. The highest BCUT2D eigenvalue weighted by Gasteiger charge is 2.22. The van der Waals surface area contributed by atoms with Gasteiger partial charge in [0.2, 0.25) is 0 Å². The third kappa shape index (κ3) is 3.62. The molecule has 0 aromatic carbocycles. The first-order valence-corrected chi connectivity index (χ1v) is 5.21. The number of amides is 1. The molecule has 3 N–H and O–H groups in total. The summed E-state index contributed by atoms with van der Waals surface area (Å²) in [4.78, 5) is 32.9.